The molecule has 2 heterocycles. The molecule has 0 saturated carbocycles. The predicted molar refractivity (Wildman–Crippen MR) is 81.7 cm³/mol. The van der Waals surface area contributed by atoms with Gasteiger partial charge in [0.15, 0.2) is 0 Å². The number of aromatic nitrogens is 4. The summed E-state index contributed by atoms with van der Waals surface area (Å²) in [6, 6.07) is 7.55. The smallest absolute Gasteiger partial charge is 0.274 e. The zero-order valence-electron chi connectivity index (χ0n) is 11.6. The van der Waals surface area contributed by atoms with E-state index in [1.165, 1.54) is 6.33 Å². The van der Waals surface area contributed by atoms with Gasteiger partial charge in [-0.1, -0.05) is 11.6 Å². The molecule has 0 aliphatic rings. The Balaban J connectivity index is 2.08. The maximum atomic E-state index is 12.4. The van der Waals surface area contributed by atoms with Crippen molar-refractivity contribution in [3.05, 3.63) is 41.3 Å². The van der Waals surface area contributed by atoms with E-state index in [1.54, 1.807) is 0 Å². The Labute approximate surface area is 126 Å². The fourth-order valence-electron chi connectivity index (χ4n) is 2.38. The van der Waals surface area contributed by atoms with Crippen molar-refractivity contribution in [1.29, 1.82) is 0 Å². The lowest BCUT2D eigenvalue weighted by atomic mass is 10.2. The fourth-order valence-corrected chi connectivity index (χ4v) is 2.56. The third-order valence-electron chi connectivity index (χ3n) is 3.20. The Bertz CT molecular complexity index is 791. The van der Waals surface area contributed by atoms with Gasteiger partial charge in [-0.15, -0.1) is 0 Å². The molecule has 21 heavy (non-hydrogen) atoms. The number of nitrogens with one attached hydrogen (secondary N) is 2. The molecule has 0 spiro atoms. The van der Waals surface area contributed by atoms with Gasteiger partial charge in [-0.25, -0.2) is 5.10 Å². The van der Waals surface area contributed by atoms with Crippen LogP contribution in [0.4, 0.5) is 5.95 Å². The maximum Gasteiger partial charge on any atom is 0.274 e. The average Bonchev–Trinajstić information content (AvgIpc) is 3.04. The molecule has 0 unspecified atom stereocenters. The van der Waals surface area contributed by atoms with Gasteiger partial charge in [0.05, 0.1) is 0 Å². The number of carbonyl (C=O) groups excluding carboxylic acids is 1. The van der Waals surface area contributed by atoms with Crippen LogP contribution in [-0.4, -0.2) is 25.7 Å². The highest BCUT2D eigenvalue weighted by atomic mass is 35.5. The number of fused-ring (bicyclic) bond motifs is 1. The number of rotatable bonds is 3. The van der Waals surface area contributed by atoms with Crippen LogP contribution in [0, 0.1) is 0 Å². The largest absolute Gasteiger partial charge is 0.334 e. The molecule has 6 nitrogen and oxygen atoms in total. The lowest BCUT2D eigenvalue weighted by Gasteiger charge is -2.14. The minimum atomic E-state index is -0.243. The summed E-state index contributed by atoms with van der Waals surface area (Å²) in [5, 5.41) is 10.6. The van der Waals surface area contributed by atoms with Crippen LogP contribution in [-0.2, 0) is 0 Å². The van der Waals surface area contributed by atoms with Crippen molar-refractivity contribution in [2.75, 3.05) is 5.32 Å². The minimum absolute atomic E-state index is 0.138. The van der Waals surface area contributed by atoms with Gasteiger partial charge in [-0.3, -0.25) is 10.1 Å². The summed E-state index contributed by atoms with van der Waals surface area (Å²) in [5.74, 6) is 0.0753. The van der Waals surface area contributed by atoms with Crippen LogP contribution in [0.3, 0.4) is 0 Å². The number of benzene rings is 1. The van der Waals surface area contributed by atoms with Crippen LogP contribution in [0.25, 0.3) is 10.9 Å². The first-order valence-corrected chi connectivity index (χ1v) is 6.91. The predicted octanol–water partition coefficient (Wildman–Crippen LogP) is 3.25. The summed E-state index contributed by atoms with van der Waals surface area (Å²) in [7, 11) is 0. The molecule has 2 N–H and O–H groups in total. The molecular weight excluding hydrogens is 290 g/mol. The number of halogens is 1. The number of amides is 1. The van der Waals surface area contributed by atoms with Crippen LogP contribution in [0.5, 0.6) is 0 Å². The zero-order chi connectivity index (χ0) is 15.0. The maximum absolute atomic E-state index is 12.4. The molecule has 0 bridgehead atoms. The van der Waals surface area contributed by atoms with Gasteiger partial charge in [0, 0.05) is 22.0 Å². The van der Waals surface area contributed by atoms with Gasteiger partial charge in [-0.05, 0) is 38.1 Å². The van der Waals surface area contributed by atoms with E-state index in [4.69, 9.17) is 11.6 Å². The number of carbonyl (C=O) groups is 1. The number of hydrogen-bond acceptors (Lipinski definition) is 3. The molecule has 0 radical (unpaired) electrons. The van der Waals surface area contributed by atoms with Crippen LogP contribution in [0.1, 0.15) is 30.4 Å². The molecule has 2 aromatic heterocycles. The molecule has 7 heteroatoms. The summed E-state index contributed by atoms with van der Waals surface area (Å²) in [6.45, 7) is 4.05. The SMILES string of the molecule is CC(C)n1c(C(=O)Nc2ncn[nH]2)cc2cc(Cl)ccc21. The molecular formula is C14H14ClN5O. The summed E-state index contributed by atoms with van der Waals surface area (Å²) >= 11 is 6.02. The first kappa shape index (κ1) is 13.6. The fraction of sp³-hybridized carbons (Fsp3) is 0.214. The van der Waals surface area contributed by atoms with Gasteiger partial charge in [0.2, 0.25) is 5.95 Å². The van der Waals surface area contributed by atoms with Crippen LogP contribution in [0.2, 0.25) is 5.02 Å². The monoisotopic (exact) mass is 303 g/mol. The number of anilines is 1. The first-order valence-electron chi connectivity index (χ1n) is 6.53. The molecule has 0 fully saturated rings. The van der Waals surface area contributed by atoms with Gasteiger partial charge in [0.1, 0.15) is 12.0 Å². The second-order valence-electron chi connectivity index (χ2n) is 4.98. The average molecular weight is 304 g/mol. The lowest BCUT2D eigenvalue weighted by molar-refractivity contribution is 0.101. The Morgan fingerprint density at radius 2 is 2.19 bits per heavy atom. The number of nitrogens with zero attached hydrogens (tertiary/aromatic N) is 3. The number of aromatic amines is 1. The molecule has 1 aromatic carbocycles. The van der Waals surface area contributed by atoms with Gasteiger partial charge >= 0.3 is 0 Å². The molecule has 0 aliphatic carbocycles. The van der Waals surface area contributed by atoms with Crippen molar-refractivity contribution >= 4 is 34.4 Å². The summed E-state index contributed by atoms with van der Waals surface area (Å²) in [6.07, 6.45) is 1.34. The molecule has 0 aliphatic heterocycles. The lowest BCUT2D eigenvalue weighted by Crippen LogP contribution is -2.18. The van der Waals surface area contributed by atoms with E-state index in [1.807, 2.05) is 42.7 Å². The van der Waals surface area contributed by atoms with E-state index >= 15 is 0 Å². The summed E-state index contributed by atoms with van der Waals surface area (Å²) in [4.78, 5) is 16.3. The number of hydrogen-bond donors (Lipinski definition) is 2. The van der Waals surface area contributed by atoms with Gasteiger partial charge < -0.3 is 4.57 Å². The molecule has 3 rings (SSSR count). The van der Waals surface area contributed by atoms with Crippen molar-refractivity contribution in [3.63, 3.8) is 0 Å². The van der Waals surface area contributed by atoms with Crippen molar-refractivity contribution in [2.24, 2.45) is 0 Å². The Kier molecular flexibility index (Phi) is 3.39. The Hall–Kier alpha value is -2.34. The standard InChI is InChI=1S/C14H14ClN5O/c1-8(2)20-11-4-3-10(15)5-9(11)6-12(20)13(21)18-14-16-7-17-19-14/h3-8H,1-2H3,(H2,16,17,18,19,21). The van der Waals surface area contributed by atoms with Crippen molar-refractivity contribution in [1.82, 2.24) is 19.7 Å². The van der Waals surface area contributed by atoms with Crippen molar-refractivity contribution in [3.8, 4) is 0 Å². The highest BCUT2D eigenvalue weighted by Gasteiger charge is 2.18. The van der Waals surface area contributed by atoms with Crippen LogP contribution in [0.15, 0.2) is 30.6 Å². The summed E-state index contributed by atoms with van der Waals surface area (Å²) < 4.78 is 1.97. The van der Waals surface area contributed by atoms with Crippen LogP contribution < -0.4 is 5.32 Å². The Morgan fingerprint density at radius 3 is 2.86 bits per heavy atom. The summed E-state index contributed by atoms with van der Waals surface area (Å²) in [5.41, 5.74) is 1.52. The third kappa shape index (κ3) is 2.50. The Morgan fingerprint density at radius 1 is 1.38 bits per heavy atom. The third-order valence-corrected chi connectivity index (χ3v) is 3.43. The molecule has 3 aromatic rings. The highest BCUT2D eigenvalue weighted by molar-refractivity contribution is 6.31. The van der Waals surface area contributed by atoms with Gasteiger partial charge in [-0.2, -0.15) is 10.1 Å². The van der Waals surface area contributed by atoms with E-state index in [0.717, 1.165) is 10.9 Å². The van der Waals surface area contributed by atoms with E-state index < -0.39 is 0 Å². The van der Waals surface area contributed by atoms with E-state index in [0.29, 0.717) is 16.7 Å². The highest BCUT2D eigenvalue weighted by Crippen LogP contribution is 2.27. The molecule has 108 valence electrons. The van der Waals surface area contributed by atoms with E-state index in [2.05, 4.69) is 20.5 Å². The second-order valence-corrected chi connectivity index (χ2v) is 5.42. The molecule has 0 atom stereocenters. The molecule has 0 saturated heterocycles. The number of H-pyrrole nitrogens is 1. The molecule has 1 amide bonds. The topological polar surface area (TPSA) is 75.6 Å². The normalized spacial score (nSPS) is 11.2. The van der Waals surface area contributed by atoms with E-state index in [-0.39, 0.29) is 11.9 Å². The van der Waals surface area contributed by atoms with Crippen LogP contribution >= 0.6 is 11.6 Å². The first-order chi connectivity index (χ1) is 10.1. The quantitative estimate of drug-likeness (QED) is 0.780. The minimum Gasteiger partial charge on any atom is -0.334 e. The second kappa shape index (κ2) is 5.21. The van der Waals surface area contributed by atoms with Gasteiger partial charge in [0.25, 0.3) is 5.91 Å². The van der Waals surface area contributed by atoms with E-state index in [9.17, 15) is 4.79 Å². The van der Waals surface area contributed by atoms with Crippen molar-refractivity contribution < 1.29 is 4.79 Å². The van der Waals surface area contributed by atoms with Crippen molar-refractivity contribution in [2.45, 2.75) is 19.9 Å². The zero-order valence-corrected chi connectivity index (χ0v) is 12.3.